The maximum atomic E-state index is 12.6. The summed E-state index contributed by atoms with van der Waals surface area (Å²) >= 11 is 0. The molecule has 1 aromatic heterocycles. The molecule has 0 fully saturated rings. The lowest BCUT2D eigenvalue weighted by molar-refractivity contribution is -0.384. The smallest absolute Gasteiger partial charge is 0.297 e. The molecule has 10 heteroatoms. The average Bonchev–Trinajstić information content (AvgIpc) is 3.01. The van der Waals surface area contributed by atoms with Crippen molar-refractivity contribution in [3.63, 3.8) is 0 Å². The first kappa shape index (κ1) is 18.9. The highest BCUT2D eigenvalue weighted by molar-refractivity contribution is 6.23. The molecule has 0 bridgehead atoms. The van der Waals surface area contributed by atoms with Crippen LogP contribution in [-0.4, -0.2) is 21.3 Å². The van der Waals surface area contributed by atoms with Crippen molar-refractivity contribution in [2.45, 2.75) is 6.61 Å². The Morgan fingerprint density at radius 1 is 1.03 bits per heavy atom. The molecule has 2 heterocycles. The summed E-state index contributed by atoms with van der Waals surface area (Å²) in [6.45, 7) is 0.195. The SMILES string of the molecule is Nc1c2c(cc(=O)n1-c1ccc(OCc3ccccc3)cc1[N+](=O)[O-])C(=O)NC2=O. The van der Waals surface area contributed by atoms with E-state index in [0.717, 1.165) is 16.2 Å². The van der Waals surface area contributed by atoms with Crippen LogP contribution in [0, 0.1) is 10.1 Å². The van der Waals surface area contributed by atoms with E-state index in [1.165, 1.54) is 18.2 Å². The van der Waals surface area contributed by atoms with Crippen LogP contribution in [0.15, 0.2) is 59.4 Å². The van der Waals surface area contributed by atoms with E-state index in [-0.39, 0.29) is 35.0 Å². The fraction of sp³-hybridized carbons (Fsp3) is 0.0500. The van der Waals surface area contributed by atoms with Gasteiger partial charge in [-0.1, -0.05) is 30.3 Å². The summed E-state index contributed by atoms with van der Waals surface area (Å²) in [7, 11) is 0. The molecule has 0 spiro atoms. The van der Waals surface area contributed by atoms with Gasteiger partial charge in [-0.3, -0.25) is 34.4 Å². The summed E-state index contributed by atoms with van der Waals surface area (Å²) in [5, 5.41) is 13.7. The summed E-state index contributed by atoms with van der Waals surface area (Å²) in [5.74, 6) is -1.66. The predicted molar refractivity (Wildman–Crippen MR) is 106 cm³/mol. The quantitative estimate of drug-likeness (QED) is 0.373. The van der Waals surface area contributed by atoms with E-state index in [1.807, 2.05) is 35.6 Å². The van der Waals surface area contributed by atoms with Gasteiger partial charge in [0.2, 0.25) is 0 Å². The van der Waals surface area contributed by atoms with Gasteiger partial charge in [0.05, 0.1) is 22.1 Å². The molecule has 4 rings (SSSR count). The lowest BCUT2D eigenvalue weighted by Crippen LogP contribution is -2.24. The number of rotatable bonds is 5. The monoisotopic (exact) mass is 406 g/mol. The minimum absolute atomic E-state index is 0.149. The average molecular weight is 406 g/mol. The molecule has 1 aliphatic heterocycles. The molecule has 0 saturated heterocycles. The van der Waals surface area contributed by atoms with Gasteiger partial charge < -0.3 is 10.5 Å². The van der Waals surface area contributed by atoms with Crippen LogP contribution in [0.25, 0.3) is 5.69 Å². The summed E-state index contributed by atoms with van der Waals surface area (Å²) < 4.78 is 6.44. The van der Waals surface area contributed by atoms with Gasteiger partial charge in [-0.2, -0.15) is 0 Å². The van der Waals surface area contributed by atoms with E-state index in [4.69, 9.17) is 10.5 Å². The van der Waals surface area contributed by atoms with Crippen LogP contribution in [-0.2, 0) is 6.61 Å². The molecular weight excluding hydrogens is 392 g/mol. The Kier molecular flexibility index (Phi) is 4.51. The number of carbonyl (C=O) groups is 2. The van der Waals surface area contributed by atoms with Gasteiger partial charge in [-0.05, 0) is 17.7 Å². The van der Waals surface area contributed by atoms with Crippen molar-refractivity contribution < 1.29 is 19.2 Å². The molecule has 0 unspecified atom stereocenters. The summed E-state index contributed by atoms with van der Waals surface area (Å²) in [4.78, 5) is 47.3. The summed E-state index contributed by atoms with van der Waals surface area (Å²) in [6, 6.07) is 14.1. The van der Waals surface area contributed by atoms with Crippen LogP contribution >= 0.6 is 0 Å². The zero-order valence-corrected chi connectivity index (χ0v) is 15.3. The Balaban J connectivity index is 1.78. The van der Waals surface area contributed by atoms with E-state index in [0.29, 0.717) is 0 Å². The highest BCUT2D eigenvalue weighted by atomic mass is 16.6. The van der Waals surface area contributed by atoms with Gasteiger partial charge in [0, 0.05) is 6.07 Å². The zero-order chi connectivity index (χ0) is 21.4. The van der Waals surface area contributed by atoms with Gasteiger partial charge in [0.1, 0.15) is 23.9 Å². The number of aromatic nitrogens is 1. The van der Waals surface area contributed by atoms with Crippen molar-refractivity contribution in [3.05, 3.63) is 91.8 Å². The summed E-state index contributed by atoms with van der Waals surface area (Å²) in [5.41, 5.74) is 5.10. The van der Waals surface area contributed by atoms with E-state index < -0.39 is 28.0 Å². The second kappa shape index (κ2) is 7.17. The number of nitrogen functional groups attached to an aromatic ring is 1. The highest BCUT2D eigenvalue weighted by Crippen LogP contribution is 2.31. The number of imide groups is 1. The van der Waals surface area contributed by atoms with Crippen molar-refractivity contribution in [1.82, 2.24) is 9.88 Å². The van der Waals surface area contributed by atoms with Crippen LogP contribution in [0.3, 0.4) is 0 Å². The van der Waals surface area contributed by atoms with Crippen molar-refractivity contribution in [1.29, 1.82) is 0 Å². The van der Waals surface area contributed by atoms with Gasteiger partial charge in [0.15, 0.2) is 0 Å². The zero-order valence-electron chi connectivity index (χ0n) is 15.3. The number of fused-ring (bicyclic) bond motifs is 1. The highest BCUT2D eigenvalue weighted by Gasteiger charge is 2.33. The number of nitrogens with two attached hydrogens (primary N) is 1. The van der Waals surface area contributed by atoms with E-state index in [1.54, 1.807) is 0 Å². The molecule has 2 aromatic carbocycles. The molecule has 3 N–H and O–H groups in total. The van der Waals surface area contributed by atoms with Crippen LogP contribution in [0.5, 0.6) is 5.75 Å². The minimum Gasteiger partial charge on any atom is -0.489 e. The number of ether oxygens (including phenoxy) is 1. The number of nitrogens with zero attached hydrogens (tertiary/aromatic N) is 2. The van der Waals surface area contributed by atoms with Crippen LogP contribution in [0.2, 0.25) is 0 Å². The number of hydrogen-bond acceptors (Lipinski definition) is 7. The fourth-order valence-electron chi connectivity index (χ4n) is 3.20. The Morgan fingerprint density at radius 3 is 2.47 bits per heavy atom. The lowest BCUT2D eigenvalue weighted by atomic mass is 10.1. The molecule has 3 aromatic rings. The Bertz CT molecular complexity index is 1270. The number of benzene rings is 2. The van der Waals surface area contributed by atoms with Gasteiger partial charge in [0.25, 0.3) is 23.1 Å². The topological polar surface area (TPSA) is 147 Å². The Labute approximate surface area is 168 Å². The molecule has 1 aliphatic rings. The third kappa shape index (κ3) is 3.15. The molecule has 30 heavy (non-hydrogen) atoms. The second-order valence-corrected chi connectivity index (χ2v) is 6.46. The van der Waals surface area contributed by atoms with Crippen molar-refractivity contribution >= 4 is 23.3 Å². The summed E-state index contributed by atoms with van der Waals surface area (Å²) in [6.07, 6.45) is 0. The number of anilines is 1. The van der Waals surface area contributed by atoms with Crippen LogP contribution in [0.1, 0.15) is 26.3 Å². The van der Waals surface area contributed by atoms with Gasteiger partial charge in [-0.15, -0.1) is 0 Å². The maximum Gasteiger partial charge on any atom is 0.297 e. The van der Waals surface area contributed by atoms with Crippen molar-refractivity contribution in [2.24, 2.45) is 0 Å². The number of pyridine rings is 1. The third-order valence-electron chi connectivity index (χ3n) is 4.59. The van der Waals surface area contributed by atoms with Gasteiger partial charge >= 0.3 is 0 Å². The molecule has 0 aliphatic carbocycles. The molecule has 10 nitrogen and oxygen atoms in total. The Morgan fingerprint density at radius 2 is 1.77 bits per heavy atom. The molecular formula is C20H14N4O6. The van der Waals surface area contributed by atoms with Crippen molar-refractivity contribution in [2.75, 3.05) is 5.73 Å². The number of amides is 2. The molecule has 150 valence electrons. The van der Waals surface area contributed by atoms with Gasteiger partial charge in [-0.25, -0.2) is 0 Å². The predicted octanol–water partition coefficient (Wildman–Crippen LogP) is 1.79. The van der Waals surface area contributed by atoms with E-state index in [2.05, 4.69) is 0 Å². The first-order valence-electron chi connectivity index (χ1n) is 8.73. The van der Waals surface area contributed by atoms with Crippen molar-refractivity contribution in [3.8, 4) is 11.4 Å². The minimum atomic E-state index is -0.780. The molecule has 0 saturated carbocycles. The maximum absolute atomic E-state index is 12.6. The lowest BCUT2D eigenvalue weighted by Gasteiger charge is -2.13. The number of nitrogens with one attached hydrogen (secondary N) is 1. The first-order valence-corrected chi connectivity index (χ1v) is 8.73. The fourth-order valence-corrected chi connectivity index (χ4v) is 3.20. The molecule has 2 amide bonds. The third-order valence-corrected chi connectivity index (χ3v) is 4.59. The number of carbonyl (C=O) groups excluding carboxylic acids is 2. The van der Waals surface area contributed by atoms with E-state index in [9.17, 15) is 24.5 Å². The molecule has 0 radical (unpaired) electrons. The number of nitro groups is 1. The Hall–Kier alpha value is -4.47. The first-order chi connectivity index (χ1) is 14.4. The second-order valence-electron chi connectivity index (χ2n) is 6.46. The number of hydrogen-bond donors (Lipinski definition) is 2. The molecule has 0 atom stereocenters. The largest absolute Gasteiger partial charge is 0.489 e. The van der Waals surface area contributed by atoms with Crippen LogP contribution in [0.4, 0.5) is 11.5 Å². The van der Waals surface area contributed by atoms with Crippen LogP contribution < -0.4 is 21.3 Å². The standard InChI is InChI=1S/C20H14N4O6/c21-18-17-13(19(26)22-20(17)27)9-16(25)23(18)14-7-6-12(8-15(14)24(28)29)30-10-11-4-2-1-3-5-11/h1-9H,10,21H2,(H,22,26,27). The number of nitro benzene ring substituents is 1. The normalized spacial score (nSPS) is 12.4. The van der Waals surface area contributed by atoms with E-state index >= 15 is 0 Å².